The summed E-state index contributed by atoms with van der Waals surface area (Å²) in [4.78, 5) is 27.5. The number of likely N-dealkylation sites (tertiary alicyclic amines) is 2. The Morgan fingerprint density at radius 1 is 1.04 bits per heavy atom. The van der Waals surface area contributed by atoms with Crippen LogP contribution >= 0.6 is 11.6 Å². The van der Waals surface area contributed by atoms with Gasteiger partial charge in [0.25, 0.3) is 0 Å². The number of carbonyl (C=O) groups excluding carboxylic acids is 1. The first-order valence-corrected chi connectivity index (χ1v) is 16.0. The summed E-state index contributed by atoms with van der Waals surface area (Å²) in [5.74, 6) is 1.07. The average Bonchev–Trinajstić information content (AvgIpc) is 3.65. The third kappa shape index (κ3) is 8.39. The number of amides is 1. The normalized spacial score (nSPS) is 23.3. The quantitative estimate of drug-likeness (QED) is 0.182. The van der Waals surface area contributed by atoms with Crippen molar-refractivity contribution >= 4 is 23.5 Å². The van der Waals surface area contributed by atoms with Crippen LogP contribution in [-0.2, 0) is 11.2 Å². The molecule has 5 N–H and O–H groups in total. The van der Waals surface area contributed by atoms with Gasteiger partial charge in [0.05, 0.1) is 43.2 Å². The van der Waals surface area contributed by atoms with Crippen molar-refractivity contribution in [3.8, 4) is 5.75 Å². The minimum Gasteiger partial charge on any atom is -0.493 e. The Hall–Kier alpha value is -2.65. The van der Waals surface area contributed by atoms with Crippen LogP contribution in [0.2, 0.25) is 5.02 Å². The number of nitrogens with zero attached hydrogens (tertiary/aromatic N) is 5. The van der Waals surface area contributed by atoms with Crippen LogP contribution in [0, 0.1) is 11.7 Å². The Balaban J connectivity index is 1.00. The van der Waals surface area contributed by atoms with Gasteiger partial charge in [-0.1, -0.05) is 17.7 Å². The molecule has 1 amide bonds. The molecule has 45 heavy (non-hydrogen) atoms. The molecule has 248 valence electrons. The van der Waals surface area contributed by atoms with E-state index in [2.05, 4.69) is 14.9 Å². The van der Waals surface area contributed by atoms with Gasteiger partial charge in [0.15, 0.2) is 0 Å². The number of aromatic nitrogens is 2. The molecule has 0 saturated carbocycles. The molecule has 2 aromatic rings. The molecular weight excluding hydrogens is 609 g/mol. The molecule has 0 spiro atoms. The van der Waals surface area contributed by atoms with Crippen molar-refractivity contribution in [1.82, 2.24) is 19.8 Å². The minimum atomic E-state index is -1.68. The van der Waals surface area contributed by atoms with Gasteiger partial charge in [-0.3, -0.25) is 9.69 Å². The molecular formula is C31H43ClFN5O7. The summed E-state index contributed by atoms with van der Waals surface area (Å²) in [6.45, 7) is 2.48. The van der Waals surface area contributed by atoms with E-state index in [-0.39, 0.29) is 31.0 Å². The molecule has 6 atom stereocenters. The highest BCUT2D eigenvalue weighted by molar-refractivity contribution is 6.30. The van der Waals surface area contributed by atoms with Crippen molar-refractivity contribution < 1.29 is 39.5 Å². The number of hydrogen-bond acceptors (Lipinski definition) is 11. The average molecular weight is 652 g/mol. The second-order valence-corrected chi connectivity index (χ2v) is 12.8. The summed E-state index contributed by atoms with van der Waals surface area (Å²) in [6.07, 6.45) is 1.63. The first kappa shape index (κ1) is 33.7. The fourth-order valence-corrected chi connectivity index (χ4v) is 6.77. The molecule has 3 aliphatic heterocycles. The van der Waals surface area contributed by atoms with Gasteiger partial charge in [0, 0.05) is 50.9 Å². The summed E-state index contributed by atoms with van der Waals surface area (Å²) in [5, 5.41) is 49.3. The van der Waals surface area contributed by atoms with Gasteiger partial charge in [-0.05, 0) is 49.7 Å². The van der Waals surface area contributed by atoms with Crippen molar-refractivity contribution in [2.45, 2.75) is 75.0 Å². The zero-order chi connectivity index (χ0) is 32.1. The number of hydrogen-bond donors (Lipinski definition) is 5. The SMILES string of the molecule is O=C(Cc1ccc(OCCCC2CCN(c3ncc(Cl)cn3)CC2)cc1F)N1C[C@H]2C[C@@H]1CN2C[C@H](O)[C@@H](O)[C@H](O)[C@H](O)CO. The van der Waals surface area contributed by atoms with Crippen LogP contribution in [0.15, 0.2) is 30.6 Å². The van der Waals surface area contributed by atoms with E-state index in [0.29, 0.717) is 54.3 Å². The zero-order valence-corrected chi connectivity index (χ0v) is 25.9. The molecule has 1 aromatic carbocycles. The van der Waals surface area contributed by atoms with Gasteiger partial charge in [0.1, 0.15) is 29.9 Å². The standard InChI is InChI=1S/C31H43ClFN5O7/c32-21-13-34-31(35-14-21)36-7-5-19(6-8-36)2-1-9-45-24-4-3-20(25(33)12-24)10-28(42)38-16-22-11-23(38)15-37(22)17-26(40)29(43)30(44)27(41)18-39/h3-4,12-14,19,22-23,26-27,29-30,39-41,43-44H,1-2,5-11,15-18H2/t22-,23-,26+,27-,29-,30-/m1/s1. The lowest BCUT2D eigenvalue weighted by Gasteiger charge is -2.36. The van der Waals surface area contributed by atoms with E-state index >= 15 is 0 Å². The van der Waals surface area contributed by atoms with Gasteiger partial charge in [0.2, 0.25) is 11.9 Å². The number of fused-ring (bicyclic) bond motifs is 2. The van der Waals surface area contributed by atoms with E-state index in [1.165, 1.54) is 6.07 Å². The molecule has 4 heterocycles. The van der Waals surface area contributed by atoms with Crippen LogP contribution < -0.4 is 9.64 Å². The second-order valence-electron chi connectivity index (χ2n) is 12.4. The molecule has 0 radical (unpaired) electrons. The number of anilines is 1. The number of β-amino-alcohol motifs (C(OH)–C–C–N with tert-alkyl or cyclic N) is 1. The van der Waals surface area contributed by atoms with Crippen LogP contribution in [0.25, 0.3) is 0 Å². The van der Waals surface area contributed by atoms with Gasteiger partial charge in [-0.15, -0.1) is 0 Å². The van der Waals surface area contributed by atoms with Gasteiger partial charge in [-0.2, -0.15) is 0 Å². The van der Waals surface area contributed by atoms with Crippen molar-refractivity contribution in [3.05, 3.63) is 47.0 Å². The van der Waals surface area contributed by atoms with Crippen LogP contribution in [0.5, 0.6) is 5.75 Å². The highest BCUT2D eigenvalue weighted by atomic mass is 35.5. The van der Waals surface area contributed by atoms with Crippen molar-refractivity contribution in [2.75, 3.05) is 50.8 Å². The molecule has 1 aromatic heterocycles. The third-order valence-corrected chi connectivity index (χ3v) is 9.51. The Labute approximate surface area is 267 Å². The fourth-order valence-electron chi connectivity index (χ4n) is 6.67. The Kier molecular flexibility index (Phi) is 11.5. The van der Waals surface area contributed by atoms with E-state index in [1.54, 1.807) is 29.4 Å². The van der Waals surface area contributed by atoms with E-state index in [0.717, 1.165) is 38.8 Å². The predicted octanol–water partition coefficient (Wildman–Crippen LogP) is 0.608. The lowest BCUT2D eigenvalue weighted by Crippen LogP contribution is -2.54. The number of aliphatic hydroxyl groups excluding tert-OH is 5. The van der Waals surface area contributed by atoms with Crippen LogP contribution in [0.1, 0.15) is 37.7 Å². The number of benzene rings is 1. The lowest BCUT2D eigenvalue weighted by atomic mass is 9.92. The Bertz CT molecular complexity index is 1270. The topological polar surface area (TPSA) is 163 Å². The lowest BCUT2D eigenvalue weighted by molar-refractivity contribution is -0.134. The van der Waals surface area contributed by atoms with E-state index in [1.807, 2.05) is 4.90 Å². The molecule has 0 unspecified atom stereocenters. The predicted molar refractivity (Wildman–Crippen MR) is 163 cm³/mol. The van der Waals surface area contributed by atoms with Crippen molar-refractivity contribution in [2.24, 2.45) is 5.92 Å². The highest BCUT2D eigenvalue weighted by Gasteiger charge is 2.46. The summed E-state index contributed by atoms with van der Waals surface area (Å²) in [6, 6.07) is 4.50. The van der Waals surface area contributed by atoms with Crippen molar-refractivity contribution in [3.63, 3.8) is 0 Å². The monoisotopic (exact) mass is 651 g/mol. The third-order valence-electron chi connectivity index (χ3n) is 9.32. The maximum absolute atomic E-state index is 14.9. The molecule has 12 nitrogen and oxygen atoms in total. The first-order valence-electron chi connectivity index (χ1n) is 15.6. The molecule has 14 heteroatoms. The number of piperazine rings is 1. The first-order chi connectivity index (χ1) is 21.6. The summed E-state index contributed by atoms with van der Waals surface area (Å²) < 4.78 is 20.7. The molecule has 3 saturated heterocycles. The molecule has 3 fully saturated rings. The van der Waals surface area contributed by atoms with Crippen LogP contribution in [-0.4, -0.2) is 134 Å². The summed E-state index contributed by atoms with van der Waals surface area (Å²) >= 11 is 5.88. The molecule has 2 bridgehead atoms. The number of piperidine rings is 1. The number of halogens is 2. The van der Waals surface area contributed by atoms with E-state index in [4.69, 9.17) is 21.4 Å². The zero-order valence-electron chi connectivity index (χ0n) is 25.2. The largest absolute Gasteiger partial charge is 0.493 e. The maximum Gasteiger partial charge on any atom is 0.227 e. The summed E-state index contributed by atoms with van der Waals surface area (Å²) in [7, 11) is 0. The van der Waals surface area contributed by atoms with Crippen LogP contribution in [0.3, 0.4) is 0 Å². The van der Waals surface area contributed by atoms with Gasteiger partial charge >= 0.3 is 0 Å². The molecule has 0 aliphatic carbocycles. The van der Waals surface area contributed by atoms with E-state index < -0.39 is 36.8 Å². The summed E-state index contributed by atoms with van der Waals surface area (Å²) in [5.41, 5.74) is 0.304. The number of rotatable bonds is 14. The number of ether oxygens (including phenoxy) is 1. The van der Waals surface area contributed by atoms with E-state index in [9.17, 15) is 29.6 Å². The number of carbonyl (C=O) groups is 1. The van der Waals surface area contributed by atoms with Crippen molar-refractivity contribution in [1.29, 1.82) is 0 Å². The second kappa shape index (κ2) is 15.3. The Morgan fingerprint density at radius 2 is 1.76 bits per heavy atom. The minimum absolute atomic E-state index is 0.0358. The Morgan fingerprint density at radius 3 is 2.40 bits per heavy atom. The number of aliphatic hydroxyl groups is 5. The van der Waals surface area contributed by atoms with Gasteiger partial charge in [-0.25, -0.2) is 14.4 Å². The highest BCUT2D eigenvalue weighted by Crippen LogP contribution is 2.32. The maximum atomic E-state index is 14.9. The molecule has 5 rings (SSSR count). The smallest absolute Gasteiger partial charge is 0.227 e. The van der Waals surface area contributed by atoms with Gasteiger partial charge < -0.3 is 40.1 Å². The van der Waals surface area contributed by atoms with Crippen LogP contribution in [0.4, 0.5) is 10.3 Å². The molecule has 3 aliphatic rings. The fraction of sp³-hybridized carbons (Fsp3) is 0.645.